The van der Waals surface area contributed by atoms with Crippen LogP contribution in [0.2, 0.25) is 6.04 Å². The predicted molar refractivity (Wildman–Crippen MR) is 113 cm³/mol. The zero-order valence-electron chi connectivity index (χ0n) is 17.2. The SMILES string of the molecule is CCO[Si](CCCNC(=O)c1ccc2cc(OC)ccc2c1)(OCC)OCC. The quantitative estimate of drug-likeness (QED) is 0.427. The Bertz CT molecular complexity index is 751. The molecule has 0 atom stereocenters. The van der Waals surface area contributed by atoms with E-state index in [-0.39, 0.29) is 5.91 Å². The van der Waals surface area contributed by atoms with Gasteiger partial charge in [0.15, 0.2) is 0 Å². The van der Waals surface area contributed by atoms with Crippen LogP contribution in [-0.2, 0) is 13.3 Å². The van der Waals surface area contributed by atoms with Crippen LogP contribution in [0.1, 0.15) is 37.6 Å². The number of carbonyl (C=O) groups is 1. The van der Waals surface area contributed by atoms with Crippen LogP contribution < -0.4 is 10.1 Å². The summed E-state index contributed by atoms with van der Waals surface area (Å²) < 4.78 is 22.8. The molecule has 0 radical (unpaired) electrons. The number of fused-ring (bicyclic) bond motifs is 1. The van der Waals surface area contributed by atoms with Gasteiger partial charge in [0.05, 0.1) is 7.11 Å². The van der Waals surface area contributed by atoms with Crippen LogP contribution in [-0.4, -0.2) is 48.2 Å². The molecular weight excluding hydrogens is 374 g/mol. The molecule has 1 N–H and O–H groups in total. The fraction of sp³-hybridized carbons (Fsp3) is 0.476. The monoisotopic (exact) mass is 405 g/mol. The topological polar surface area (TPSA) is 66.0 Å². The molecule has 0 aromatic heterocycles. The summed E-state index contributed by atoms with van der Waals surface area (Å²) >= 11 is 0. The largest absolute Gasteiger partial charge is 0.500 e. The summed E-state index contributed by atoms with van der Waals surface area (Å²) in [4.78, 5) is 12.5. The van der Waals surface area contributed by atoms with E-state index in [0.717, 1.165) is 22.9 Å². The molecule has 6 nitrogen and oxygen atoms in total. The van der Waals surface area contributed by atoms with Gasteiger partial charge in [-0.3, -0.25) is 4.79 Å². The number of hydrogen-bond donors (Lipinski definition) is 1. The number of rotatable bonds is 12. The third-order valence-electron chi connectivity index (χ3n) is 4.35. The Labute approximate surface area is 168 Å². The maximum Gasteiger partial charge on any atom is 0.500 e. The lowest BCUT2D eigenvalue weighted by molar-refractivity contribution is 0.0705. The molecule has 28 heavy (non-hydrogen) atoms. The number of hydrogen-bond acceptors (Lipinski definition) is 5. The lowest BCUT2D eigenvalue weighted by Crippen LogP contribution is -2.46. The Hall–Kier alpha value is -1.93. The fourth-order valence-corrected chi connectivity index (χ4v) is 5.71. The Morgan fingerprint density at radius 2 is 1.54 bits per heavy atom. The van der Waals surface area contributed by atoms with Gasteiger partial charge >= 0.3 is 8.80 Å². The first-order valence-electron chi connectivity index (χ1n) is 9.85. The van der Waals surface area contributed by atoms with Crippen molar-refractivity contribution in [2.45, 2.75) is 33.2 Å². The number of carbonyl (C=O) groups excluding carboxylic acids is 1. The molecule has 0 saturated carbocycles. The Kier molecular flexibility index (Phi) is 8.91. The zero-order valence-corrected chi connectivity index (χ0v) is 18.2. The summed E-state index contributed by atoms with van der Waals surface area (Å²) in [7, 11) is -1.01. The summed E-state index contributed by atoms with van der Waals surface area (Å²) in [6.45, 7) is 8.04. The van der Waals surface area contributed by atoms with Crippen molar-refractivity contribution in [3.05, 3.63) is 42.0 Å². The first-order chi connectivity index (χ1) is 13.6. The Balaban J connectivity index is 1.93. The van der Waals surface area contributed by atoms with E-state index in [2.05, 4.69) is 5.32 Å². The van der Waals surface area contributed by atoms with E-state index in [0.29, 0.717) is 38.0 Å². The highest BCUT2D eigenvalue weighted by Crippen LogP contribution is 2.22. The van der Waals surface area contributed by atoms with Crippen LogP contribution in [0.4, 0.5) is 0 Å². The number of ether oxygens (including phenoxy) is 1. The number of methoxy groups -OCH3 is 1. The minimum Gasteiger partial charge on any atom is -0.497 e. The lowest BCUT2D eigenvalue weighted by atomic mass is 10.1. The van der Waals surface area contributed by atoms with Gasteiger partial charge in [0.2, 0.25) is 0 Å². The molecule has 0 unspecified atom stereocenters. The van der Waals surface area contributed by atoms with Crippen molar-refractivity contribution in [1.29, 1.82) is 0 Å². The van der Waals surface area contributed by atoms with Crippen molar-refractivity contribution in [3.8, 4) is 5.75 Å². The molecule has 2 aromatic rings. The second-order valence-corrected chi connectivity index (χ2v) is 9.00. The lowest BCUT2D eigenvalue weighted by Gasteiger charge is -2.28. The van der Waals surface area contributed by atoms with Crippen molar-refractivity contribution in [3.63, 3.8) is 0 Å². The van der Waals surface area contributed by atoms with E-state index in [4.69, 9.17) is 18.0 Å². The molecule has 2 rings (SSSR count). The normalized spacial score (nSPS) is 11.6. The average molecular weight is 406 g/mol. The van der Waals surface area contributed by atoms with E-state index in [1.54, 1.807) is 7.11 Å². The Morgan fingerprint density at radius 1 is 0.929 bits per heavy atom. The van der Waals surface area contributed by atoms with Crippen LogP contribution in [0.3, 0.4) is 0 Å². The van der Waals surface area contributed by atoms with E-state index < -0.39 is 8.80 Å². The predicted octanol–water partition coefficient (Wildman–Crippen LogP) is 4.02. The molecule has 0 fully saturated rings. The highest BCUT2D eigenvalue weighted by molar-refractivity contribution is 6.60. The van der Waals surface area contributed by atoms with E-state index in [1.807, 2.05) is 57.2 Å². The van der Waals surface area contributed by atoms with E-state index in [1.165, 1.54) is 0 Å². The number of benzene rings is 2. The van der Waals surface area contributed by atoms with Crippen molar-refractivity contribution >= 4 is 25.5 Å². The third-order valence-corrected chi connectivity index (χ3v) is 7.50. The molecule has 0 saturated heterocycles. The molecule has 0 aliphatic carbocycles. The van der Waals surface area contributed by atoms with Gasteiger partial charge in [0.25, 0.3) is 5.91 Å². The van der Waals surface area contributed by atoms with Gasteiger partial charge in [-0.25, -0.2) is 0 Å². The van der Waals surface area contributed by atoms with Crippen LogP contribution in [0.25, 0.3) is 10.8 Å². The molecule has 0 aliphatic heterocycles. The number of amides is 1. The van der Waals surface area contributed by atoms with Crippen molar-refractivity contribution in [1.82, 2.24) is 5.32 Å². The molecule has 2 aromatic carbocycles. The molecule has 1 amide bonds. The first-order valence-corrected chi connectivity index (χ1v) is 11.8. The van der Waals surface area contributed by atoms with Crippen LogP contribution in [0, 0.1) is 0 Å². The fourth-order valence-electron chi connectivity index (χ4n) is 3.10. The summed E-state index contributed by atoms with van der Waals surface area (Å²) in [5, 5.41) is 5.02. The smallest absolute Gasteiger partial charge is 0.497 e. The second kappa shape index (κ2) is 11.2. The number of nitrogens with one attached hydrogen (secondary N) is 1. The average Bonchev–Trinajstić information content (AvgIpc) is 2.71. The van der Waals surface area contributed by atoms with Gasteiger partial charge in [-0.2, -0.15) is 0 Å². The minimum atomic E-state index is -2.66. The van der Waals surface area contributed by atoms with Crippen molar-refractivity contribution < 1.29 is 22.8 Å². The molecule has 0 spiro atoms. The van der Waals surface area contributed by atoms with Crippen molar-refractivity contribution in [2.24, 2.45) is 0 Å². The zero-order chi connectivity index (χ0) is 20.4. The Morgan fingerprint density at radius 3 is 2.14 bits per heavy atom. The van der Waals surface area contributed by atoms with Crippen LogP contribution >= 0.6 is 0 Å². The summed E-state index contributed by atoms with van der Waals surface area (Å²) in [5.41, 5.74) is 0.639. The second-order valence-electron chi connectivity index (χ2n) is 6.27. The standard InChI is InChI=1S/C21H31NO5Si/c1-5-25-28(26-6-2,27-7-3)14-8-13-22-21(23)19-10-9-18-16-20(24-4)12-11-17(18)15-19/h9-12,15-16H,5-8,13-14H2,1-4H3,(H,22,23). The van der Waals surface area contributed by atoms with Gasteiger partial charge in [-0.05, 0) is 62.2 Å². The van der Waals surface area contributed by atoms with Gasteiger partial charge in [-0.15, -0.1) is 0 Å². The molecule has 0 aliphatic rings. The van der Waals surface area contributed by atoms with Crippen LogP contribution in [0.15, 0.2) is 36.4 Å². The molecule has 0 heterocycles. The first kappa shape index (κ1) is 22.4. The highest BCUT2D eigenvalue weighted by Gasteiger charge is 2.39. The molecule has 0 bridgehead atoms. The van der Waals surface area contributed by atoms with Gasteiger partial charge in [0.1, 0.15) is 5.75 Å². The molecule has 7 heteroatoms. The van der Waals surface area contributed by atoms with E-state index >= 15 is 0 Å². The minimum absolute atomic E-state index is 0.0887. The van der Waals surface area contributed by atoms with Gasteiger partial charge in [0, 0.05) is 38.0 Å². The van der Waals surface area contributed by atoms with Gasteiger partial charge in [-0.1, -0.05) is 12.1 Å². The summed E-state index contributed by atoms with van der Waals surface area (Å²) in [5.74, 6) is 0.712. The molecular formula is C21H31NO5Si. The maximum atomic E-state index is 12.5. The van der Waals surface area contributed by atoms with Crippen molar-refractivity contribution in [2.75, 3.05) is 33.5 Å². The van der Waals surface area contributed by atoms with E-state index in [9.17, 15) is 4.79 Å². The third kappa shape index (κ3) is 6.03. The maximum absolute atomic E-state index is 12.5. The highest BCUT2D eigenvalue weighted by atomic mass is 28.4. The summed E-state index contributed by atoms with van der Waals surface area (Å²) in [6, 6.07) is 12.1. The summed E-state index contributed by atoms with van der Waals surface area (Å²) in [6.07, 6.45) is 0.739. The van der Waals surface area contributed by atoms with Crippen LogP contribution in [0.5, 0.6) is 5.75 Å². The van der Waals surface area contributed by atoms with Gasteiger partial charge < -0.3 is 23.3 Å². The molecule has 154 valence electrons.